The lowest BCUT2D eigenvalue weighted by Gasteiger charge is -2.29. The molecule has 18 heavy (non-hydrogen) atoms. The van der Waals surface area contributed by atoms with E-state index in [0.29, 0.717) is 5.75 Å². The normalized spacial score (nSPS) is 19.8. The zero-order valence-corrected chi connectivity index (χ0v) is 11.6. The molecule has 0 radical (unpaired) electrons. The van der Waals surface area contributed by atoms with Crippen LogP contribution in [0.15, 0.2) is 6.20 Å². The van der Waals surface area contributed by atoms with Crippen LogP contribution in [0.2, 0.25) is 0 Å². The molecule has 1 aliphatic rings. The number of hydrogen-bond acceptors (Lipinski definition) is 3. The first-order valence-electron chi connectivity index (χ1n) is 6.93. The summed E-state index contributed by atoms with van der Waals surface area (Å²) in [6, 6.07) is 0.233. The number of aromatic nitrogens is 2. The van der Waals surface area contributed by atoms with Crippen molar-refractivity contribution in [2.75, 3.05) is 7.11 Å². The van der Waals surface area contributed by atoms with Gasteiger partial charge in [-0.2, -0.15) is 5.10 Å². The molecule has 1 aromatic heterocycles. The fraction of sp³-hybridized carbons (Fsp3) is 0.786. The zero-order valence-electron chi connectivity index (χ0n) is 11.6. The van der Waals surface area contributed by atoms with Gasteiger partial charge in [-0.25, -0.2) is 0 Å². The van der Waals surface area contributed by atoms with Crippen molar-refractivity contribution in [3.8, 4) is 5.75 Å². The second-order valence-corrected chi connectivity index (χ2v) is 5.55. The molecule has 0 aliphatic heterocycles. The molecule has 0 unspecified atom stereocenters. The molecule has 0 atom stereocenters. The number of nitrogens with zero attached hydrogens (tertiary/aromatic N) is 2. The molecule has 4 heteroatoms. The van der Waals surface area contributed by atoms with Crippen molar-refractivity contribution in [2.24, 2.45) is 0 Å². The van der Waals surface area contributed by atoms with Gasteiger partial charge in [-0.1, -0.05) is 25.7 Å². The Morgan fingerprint density at radius 1 is 1.28 bits per heavy atom. The Morgan fingerprint density at radius 3 is 2.39 bits per heavy atom. The van der Waals surface area contributed by atoms with Gasteiger partial charge in [0.05, 0.1) is 13.3 Å². The largest absolute Gasteiger partial charge is 0.493 e. The van der Waals surface area contributed by atoms with Gasteiger partial charge < -0.3 is 9.84 Å². The summed E-state index contributed by atoms with van der Waals surface area (Å²) in [7, 11) is 1.64. The summed E-state index contributed by atoms with van der Waals surface area (Å²) >= 11 is 0. The van der Waals surface area contributed by atoms with Crippen LogP contribution in [0.1, 0.15) is 64.1 Å². The molecule has 0 saturated heterocycles. The van der Waals surface area contributed by atoms with Crippen LogP contribution < -0.4 is 4.74 Å². The van der Waals surface area contributed by atoms with Crippen LogP contribution in [0.4, 0.5) is 0 Å². The molecule has 1 fully saturated rings. The Kier molecular flexibility index (Phi) is 3.95. The number of rotatable bonds is 3. The highest BCUT2D eigenvalue weighted by Gasteiger charge is 2.37. The third kappa shape index (κ3) is 2.39. The Bertz CT molecular complexity index is 390. The van der Waals surface area contributed by atoms with E-state index < -0.39 is 5.60 Å². The number of ether oxygens (including phenoxy) is 1. The van der Waals surface area contributed by atoms with Crippen molar-refractivity contribution in [3.05, 3.63) is 11.9 Å². The van der Waals surface area contributed by atoms with Gasteiger partial charge in [0.25, 0.3) is 0 Å². The number of aliphatic hydroxyl groups is 1. The average Bonchev–Trinajstić information content (AvgIpc) is 2.67. The monoisotopic (exact) mass is 252 g/mol. The minimum Gasteiger partial charge on any atom is -0.493 e. The average molecular weight is 252 g/mol. The Balaban J connectivity index is 2.43. The Hall–Kier alpha value is -1.03. The van der Waals surface area contributed by atoms with Crippen LogP contribution in [-0.2, 0) is 5.60 Å². The highest BCUT2D eigenvalue weighted by molar-refractivity contribution is 5.31. The summed E-state index contributed by atoms with van der Waals surface area (Å²) in [6.07, 6.45) is 7.90. The van der Waals surface area contributed by atoms with Crippen molar-refractivity contribution < 1.29 is 9.84 Å². The molecule has 102 valence electrons. The van der Waals surface area contributed by atoms with Crippen molar-refractivity contribution >= 4 is 0 Å². The molecule has 0 spiro atoms. The van der Waals surface area contributed by atoms with Gasteiger partial charge in [0.2, 0.25) is 0 Å². The molecule has 1 heterocycles. The molecule has 1 N–H and O–H groups in total. The smallest absolute Gasteiger partial charge is 0.162 e. The van der Waals surface area contributed by atoms with Gasteiger partial charge in [-0.15, -0.1) is 0 Å². The number of methoxy groups -OCH3 is 1. The van der Waals surface area contributed by atoms with E-state index in [1.807, 2.05) is 4.68 Å². The van der Waals surface area contributed by atoms with E-state index in [1.54, 1.807) is 13.3 Å². The number of hydrogen-bond donors (Lipinski definition) is 1. The molecule has 0 bridgehead atoms. The fourth-order valence-electron chi connectivity index (χ4n) is 2.88. The maximum Gasteiger partial charge on any atom is 0.162 e. The minimum atomic E-state index is -0.775. The maximum atomic E-state index is 11.0. The van der Waals surface area contributed by atoms with Gasteiger partial charge in [0.15, 0.2) is 5.75 Å². The molecule has 1 aliphatic carbocycles. The van der Waals surface area contributed by atoms with E-state index >= 15 is 0 Å². The molecule has 0 aromatic carbocycles. The van der Waals surface area contributed by atoms with Crippen LogP contribution >= 0.6 is 0 Å². The highest BCUT2D eigenvalue weighted by atomic mass is 16.5. The van der Waals surface area contributed by atoms with Crippen molar-refractivity contribution in [3.63, 3.8) is 0 Å². The lowest BCUT2D eigenvalue weighted by Crippen LogP contribution is -2.29. The van der Waals surface area contributed by atoms with Crippen LogP contribution in [-0.4, -0.2) is 22.0 Å². The van der Waals surface area contributed by atoms with Gasteiger partial charge in [-0.05, 0) is 26.7 Å². The molecule has 2 rings (SSSR count). The Morgan fingerprint density at radius 2 is 1.89 bits per heavy atom. The van der Waals surface area contributed by atoms with E-state index in [-0.39, 0.29) is 6.04 Å². The predicted octanol–water partition coefficient (Wildman–Crippen LogP) is 3.01. The van der Waals surface area contributed by atoms with E-state index in [9.17, 15) is 5.11 Å². The van der Waals surface area contributed by atoms with Crippen LogP contribution in [0.3, 0.4) is 0 Å². The second kappa shape index (κ2) is 5.31. The SMILES string of the molecule is COc1cnn(C(C)C)c1C1(O)CCCCCC1. The molecule has 0 amide bonds. The lowest BCUT2D eigenvalue weighted by molar-refractivity contribution is 0.00861. The van der Waals surface area contributed by atoms with Crippen LogP contribution in [0.25, 0.3) is 0 Å². The summed E-state index contributed by atoms with van der Waals surface area (Å²) in [4.78, 5) is 0. The van der Waals surface area contributed by atoms with Crippen molar-refractivity contribution in [1.29, 1.82) is 0 Å². The van der Waals surface area contributed by atoms with E-state index in [0.717, 1.165) is 31.4 Å². The first kappa shape index (κ1) is 13.4. The van der Waals surface area contributed by atoms with Gasteiger partial charge >= 0.3 is 0 Å². The molecular formula is C14H24N2O2. The first-order chi connectivity index (χ1) is 8.58. The summed E-state index contributed by atoms with van der Waals surface area (Å²) in [6.45, 7) is 4.16. The van der Waals surface area contributed by atoms with Crippen LogP contribution in [0.5, 0.6) is 5.75 Å². The fourth-order valence-corrected chi connectivity index (χ4v) is 2.88. The third-order valence-corrected chi connectivity index (χ3v) is 3.84. The van der Waals surface area contributed by atoms with Gasteiger partial charge in [0.1, 0.15) is 11.3 Å². The lowest BCUT2D eigenvalue weighted by atomic mass is 9.90. The van der Waals surface area contributed by atoms with E-state index in [1.165, 1.54) is 12.8 Å². The molecule has 1 aromatic rings. The summed E-state index contributed by atoms with van der Waals surface area (Å²) in [5, 5.41) is 15.4. The topological polar surface area (TPSA) is 47.3 Å². The standard InChI is InChI=1S/C14H24N2O2/c1-11(2)16-13(12(18-3)10-15-16)14(17)8-6-4-5-7-9-14/h10-11,17H,4-9H2,1-3H3. The quantitative estimate of drug-likeness (QED) is 0.841. The van der Waals surface area contributed by atoms with Crippen molar-refractivity contribution in [1.82, 2.24) is 9.78 Å². The third-order valence-electron chi connectivity index (χ3n) is 3.84. The molecule has 4 nitrogen and oxygen atoms in total. The minimum absolute atomic E-state index is 0.233. The predicted molar refractivity (Wildman–Crippen MR) is 70.8 cm³/mol. The van der Waals surface area contributed by atoms with Crippen molar-refractivity contribution in [2.45, 2.75) is 64.0 Å². The summed E-state index contributed by atoms with van der Waals surface area (Å²) in [5.74, 6) is 0.716. The second-order valence-electron chi connectivity index (χ2n) is 5.55. The van der Waals surface area contributed by atoms with Gasteiger partial charge in [0, 0.05) is 6.04 Å². The zero-order chi connectivity index (χ0) is 13.2. The summed E-state index contributed by atoms with van der Waals surface area (Å²) < 4.78 is 7.30. The highest BCUT2D eigenvalue weighted by Crippen LogP contribution is 2.41. The van der Waals surface area contributed by atoms with Gasteiger partial charge in [-0.3, -0.25) is 4.68 Å². The van der Waals surface area contributed by atoms with E-state index in [2.05, 4.69) is 18.9 Å². The maximum absolute atomic E-state index is 11.0. The van der Waals surface area contributed by atoms with Crippen LogP contribution in [0, 0.1) is 0 Å². The summed E-state index contributed by atoms with van der Waals surface area (Å²) in [5.41, 5.74) is 0.0877. The van der Waals surface area contributed by atoms with E-state index in [4.69, 9.17) is 4.74 Å². The first-order valence-corrected chi connectivity index (χ1v) is 6.93. The molecule has 1 saturated carbocycles. The molecular weight excluding hydrogens is 228 g/mol. The Labute approximate surface area is 109 Å².